The van der Waals surface area contributed by atoms with E-state index in [0.717, 1.165) is 19.0 Å². The van der Waals surface area contributed by atoms with Gasteiger partial charge in [-0.1, -0.05) is 38.1 Å². The zero-order valence-electron chi connectivity index (χ0n) is 11.2. The molecule has 0 bridgehead atoms. The summed E-state index contributed by atoms with van der Waals surface area (Å²) in [5.74, 6) is 0.734. The first-order chi connectivity index (χ1) is 8.15. The van der Waals surface area contributed by atoms with Crippen LogP contribution in [0.5, 0.6) is 0 Å². The third-order valence-corrected chi connectivity index (χ3v) is 3.39. The second-order valence-electron chi connectivity index (χ2n) is 5.58. The van der Waals surface area contributed by atoms with Gasteiger partial charge in [-0.25, -0.2) is 0 Å². The fourth-order valence-corrected chi connectivity index (χ4v) is 2.27. The molecular weight excluding hydrogens is 208 g/mol. The van der Waals surface area contributed by atoms with Gasteiger partial charge in [0.2, 0.25) is 0 Å². The average molecular weight is 232 g/mol. The van der Waals surface area contributed by atoms with Crippen molar-refractivity contribution in [3.63, 3.8) is 0 Å². The van der Waals surface area contributed by atoms with Crippen LogP contribution in [0.4, 0.5) is 0 Å². The molecule has 1 heterocycles. The third kappa shape index (κ3) is 3.55. The van der Waals surface area contributed by atoms with Crippen molar-refractivity contribution in [3.05, 3.63) is 35.4 Å². The van der Waals surface area contributed by atoms with E-state index in [1.807, 2.05) is 0 Å². The van der Waals surface area contributed by atoms with Crippen LogP contribution in [0.1, 0.15) is 37.9 Å². The van der Waals surface area contributed by atoms with Crippen LogP contribution in [0.3, 0.4) is 0 Å². The number of rotatable bonds is 5. The zero-order valence-corrected chi connectivity index (χ0v) is 11.2. The van der Waals surface area contributed by atoms with Crippen molar-refractivity contribution < 1.29 is 0 Å². The lowest BCUT2D eigenvalue weighted by atomic mass is 9.99. The Labute approximate surface area is 105 Å². The summed E-state index contributed by atoms with van der Waals surface area (Å²) in [6, 6.07) is 10.2. The van der Waals surface area contributed by atoms with Crippen LogP contribution in [0.15, 0.2) is 24.3 Å². The Morgan fingerprint density at radius 3 is 2.29 bits per heavy atom. The molecule has 0 radical (unpaired) electrons. The molecular formula is C15H24N2. The quantitative estimate of drug-likeness (QED) is 0.815. The third-order valence-electron chi connectivity index (χ3n) is 3.39. The van der Waals surface area contributed by atoms with Gasteiger partial charge in [0.25, 0.3) is 0 Å². The Kier molecular flexibility index (Phi) is 4.19. The predicted octanol–water partition coefficient (Wildman–Crippen LogP) is 2.51. The summed E-state index contributed by atoms with van der Waals surface area (Å²) in [6.45, 7) is 8.99. The maximum Gasteiger partial charge on any atom is 0.0322 e. The molecule has 1 atom stereocenters. The van der Waals surface area contributed by atoms with E-state index in [9.17, 15) is 0 Å². The minimum absolute atomic E-state index is 0.454. The molecule has 1 aliphatic heterocycles. The van der Waals surface area contributed by atoms with Crippen LogP contribution in [0.2, 0.25) is 0 Å². The Balaban J connectivity index is 1.91. The lowest BCUT2D eigenvalue weighted by Crippen LogP contribution is -2.55. The van der Waals surface area contributed by atoms with Crippen molar-refractivity contribution in [2.75, 3.05) is 13.1 Å². The van der Waals surface area contributed by atoms with E-state index >= 15 is 0 Å². The molecule has 1 unspecified atom stereocenters. The van der Waals surface area contributed by atoms with Gasteiger partial charge in [-0.2, -0.15) is 0 Å². The molecule has 1 fully saturated rings. The molecule has 2 heteroatoms. The van der Waals surface area contributed by atoms with Gasteiger partial charge in [-0.3, -0.25) is 0 Å². The molecule has 0 aromatic heterocycles. The molecule has 0 amide bonds. The van der Waals surface area contributed by atoms with Gasteiger partial charge in [0.1, 0.15) is 0 Å². The van der Waals surface area contributed by atoms with Gasteiger partial charge < -0.3 is 10.6 Å². The first-order valence-corrected chi connectivity index (χ1v) is 6.70. The molecule has 0 spiro atoms. The lowest BCUT2D eigenvalue weighted by Gasteiger charge is -2.31. The summed E-state index contributed by atoms with van der Waals surface area (Å²) in [5, 5.41) is 6.92. The molecule has 1 aliphatic rings. The van der Waals surface area contributed by atoms with Crippen molar-refractivity contribution in [1.29, 1.82) is 0 Å². The number of nitrogens with one attached hydrogen (secondary N) is 2. The summed E-state index contributed by atoms with van der Waals surface area (Å²) in [7, 11) is 0. The minimum Gasteiger partial charge on any atom is -0.314 e. The van der Waals surface area contributed by atoms with Gasteiger partial charge in [0, 0.05) is 25.2 Å². The summed E-state index contributed by atoms with van der Waals surface area (Å²) < 4.78 is 0. The van der Waals surface area contributed by atoms with E-state index in [2.05, 4.69) is 55.7 Å². The molecule has 1 aromatic rings. The highest BCUT2D eigenvalue weighted by Crippen LogP contribution is 2.16. The molecule has 0 aliphatic carbocycles. The van der Waals surface area contributed by atoms with E-state index in [4.69, 9.17) is 0 Å². The largest absolute Gasteiger partial charge is 0.314 e. The van der Waals surface area contributed by atoms with Gasteiger partial charge in [-0.15, -0.1) is 0 Å². The predicted molar refractivity (Wildman–Crippen MR) is 73.2 cm³/mol. The van der Waals surface area contributed by atoms with Crippen molar-refractivity contribution in [2.45, 2.75) is 39.3 Å². The SMILES string of the molecule is CC(C)Cc1ccc(C(C)NC2CNC2)cc1. The van der Waals surface area contributed by atoms with E-state index in [1.54, 1.807) is 0 Å². The highest BCUT2D eigenvalue weighted by atomic mass is 15.1. The molecule has 2 rings (SSSR count). The zero-order chi connectivity index (χ0) is 12.3. The Morgan fingerprint density at radius 1 is 1.18 bits per heavy atom. The molecule has 2 N–H and O–H groups in total. The van der Waals surface area contributed by atoms with E-state index < -0.39 is 0 Å². The first-order valence-electron chi connectivity index (χ1n) is 6.70. The lowest BCUT2D eigenvalue weighted by molar-refractivity contribution is 0.338. The van der Waals surface area contributed by atoms with Crippen molar-refractivity contribution in [3.8, 4) is 0 Å². The Morgan fingerprint density at radius 2 is 1.82 bits per heavy atom. The second-order valence-corrected chi connectivity index (χ2v) is 5.58. The van der Waals surface area contributed by atoms with Crippen molar-refractivity contribution in [1.82, 2.24) is 10.6 Å². The maximum absolute atomic E-state index is 3.63. The van der Waals surface area contributed by atoms with Crippen LogP contribution < -0.4 is 10.6 Å². The average Bonchev–Trinajstić information content (AvgIpc) is 2.23. The topological polar surface area (TPSA) is 24.1 Å². The fourth-order valence-electron chi connectivity index (χ4n) is 2.27. The standard InChI is InChI=1S/C15H24N2/c1-11(2)8-13-4-6-14(7-5-13)12(3)17-15-9-16-10-15/h4-7,11-12,15-17H,8-10H2,1-3H3. The smallest absolute Gasteiger partial charge is 0.0322 e. The minimum atomic E-state index is 0.454. The van der Waals surface area contributed by atoms with Crippen LogP contribution in [0, 0.1) is 5.92 Å². The van der Waals surface area contributed by atoms with Gasteiger partial charge in [0.05, 0.1) is 0 Å². The van der Waals surface area contributed by atoms with Crippen LogP contribution in [-0.2, 0) is 6.42 Å². The Hall–Kier alpha value is -0.860. The van der Waals surface area contributed by atoms with E-state index in [1.165, 1.54) is 17.5 Å². The number of hydrogen-bond acceptors (Lipinski definition) is 2. The van der Waals surface area contributed by atoms with Gasteiger partial charge >= 0.3 is 0 Å². The van der Waals surface area contributed by atoms with Crippen molar-refractivity contribution >= 4 is 0 Å². The summed E-state index contributed by atoms with van der Waals surface area (Å²) >= 11 is 0. The number of hydrogen-bond donors (Lipinski definition) is 2. The van der Waals surface area contributed by atoms with Gasteiger partial charge in [-0.05, 0) is 30.4 Å². The fraction of sp³-hybridized carbons (Fsp3) is 0.600. The summed E-state index contributed by atoms with van der Waals surface area (Å²) in [6.07, 6.45) is 1.18. The van der Waals surface area contributed by atoms with Crippen LogP contribution in [-0.4, -0.2) is 19.1 Å². The van der Waals surface area contributed by atoms with Gasteiger partial charge in [0.15, 0.2) is 0 Å². The highest BCUT2D eigenvalue weighted by Gasteiger charge is 2.18. The molecule has 94 valence electrons. The molecule has 17 heavy (non-hydrogen) atoms. The molecule has 1 saturated heterocycles. The molecule has 1 aromatic carbocycles. The normalized spacial score (nSPS) is 18.1. The maximum atomic E-state index is 3.63. The molecule has 2 nitrogen and oxygen atoms in total. The van der Waals surface area contributed by atoms with Crippen molar-refractivity contribution in [2.24, 2.45) is 5.92 Å². The summed E-state index contributed by atoms with van der Waals surface area (Å²) in [4.78, 5) is 0. The first kappa shape index (κ1) is 12.6. The second kappa shape index (κ2) is 5.65. The Bertz CT molecular complexity index is 338. The van der Waals surface area contributed by atoms with E-state index in [-0.39, 0.29) is 0 Å². The van der Waals surface area contributed by atoms with E-state index in [0.29, 0.717) is 12.1 Å². The summed E-state index contributed by atoms with van der Waals surface area (Å²) in [5.41, 5.74) is 2.84. The molecule has 0 saturated carbocycles. The van der Waals surface area contributed by atoms with Crippen LogP contribution >= 0.6 is 0 Å². The van der Waals surface area contributed by atoms with Crippen LogP contribution in [0.25, 0.3) is 0 Å². The highest BCUT2D eigenvalue weighted by molar-refractivity contribution is 5.25. The monoisotopic (exact) mass is 232 g/mol. The number of benzene rings is 1.